The van der Waals surface area contributed by atoms with Crippen molar-refractivity contribution in [3.63, 3.8) is 0 Å². The van der Waals surface area contributed by atoms with Crippen LogP contribution in [0.25, 0.3) is 0 Å². The maximum Gasteiger partial charge on any atom is 0.251 e. The van der Waals surface area contributed by atoms with Crippen LogP contribution in [0, 0.1) is 5.92 Å². The second kappa shape index (κ2) is 13.0. The number of halogens is 1. The molecule has 2 N–H and O–H groups in total. The van der Waals surface area contributed by atoms with Crippen LogP contribution in [0.15, 0.2) is 29.3 Å². The number of likely N-dealkylation sites (N-methyl/N-ethyl adjacent to an activating group) is 1. The van der Waals surface area contributed by atoms with Crippen LogP contribution in [0.5, 0.6) is 0 Å². The summed E-state index contributed by atoms with van der Waals surface area (Å²) >= 11 is 0. The Morgan fingerprint density at radius 2 is 2.00 bits per heavy atom. The van der Waals surface area contributed by atoms with Crippen molar-refractivity contribution in [3.05, 3.63) is 35.4 Å². The Kier molecular flexibility index (Phi) is 11.4. The molecule has 1 atom stereocenters. The molecule has 6 nitrogen and oxygen atoms in total. The van der Waals surface area contributed by atoms with E-state index in [9.17, 15) is 4.79 Å². The van der Waals surface area contributed by atoms with E-state index in [1.807, 2.05) is 38.2 Å². The molecule has 158 valence electrons. The van der Waals surface area contributed by atoms with Gasteiger partial charge in [0.1, 0.15) is 0 Å². The lowest BCUT2D eigenvalue weighted by Gasteiger charge is -2.22. The smallest absolute Gasteiger partial charge is 0.251 e. The summed E-state index contributed by atoms with van der Waals surface area (Å²) in [5, 5.41) is 6.34. The molecule has 1 amide bonds. The minimum Gasteiger partial charge on any atom is -0.379 e. The Labute approximate surface area is 186 Å². The van der Waals surface area contributed by atoms with E-state index >= 15 is 0 Å². The Bertz CT molecular complexity index is 617. The van der Waals surface area contributed by atoms with E-state index in [4.69, 9.17) is 4.74 Å². The van der Waals surface area contributed by atoms with Crippen molar-refractivity contribution < 1.29 is 9.53 Å². The lowest BCUT2D eigenvalue weighted by Crippen LogP contribution is -2.40. The van der Waals surface area contributed by atoms with Gasteiger partial charge >= 0.3 is 0 Å². The van der Waals surface area contributed by atoms with Crippen molar-refractivity contribution in [2.45, 2.75) is 45.7 Å². The van der Waals surface area contributed by atoms with Gasteiger partial charge in [-0.2, -0.15) is 0 Å². The molecule has 1 aromatic rings. The molecule has 1 aliphatic carbocycles. The van der Waals surface area contributed by atoms with Crippen molar-refractivity contribution in [3.8, 4) is 0 Å². The zero-order chi connectivity index (χ0) is 19.6. The highest BCUT2D eigenvalue weighted by Crippen LogP contribution is 2.28. The third kappa shape index (κ3) is 8.77. The maximum atomic E-state index is 12.1. The normalized spacial score (nSPS) is 14.8. The van der Waals surface area contributed by atoms with Gasteiger partial charge in [0.15, 0.2) is 5.96 Å². The Morgan fingerprint density at radius 1 is 1.32 bits per heavy atom. The van der Waals surface area contributed by atoms with E-state index < -0.39 is 0 Å². The molecular weight excluding hydrogens is 467 g/mol. The van der Waals surface area contributed by atoms with Crippen LogP contribution in [-0.2, 0) is 11.3 Å². The Morgan fingerprint density at radius 3 is 2.57 bits per heavy atom. The lowest BCUT2D eigenvalue weighted by molar-refractivity contribution is 0.0939. The molecule has 0 radical (unpaired) electrons. The summed E-state index contributed by atoms with van der Waals surface area (Å²) in [5.41, 5.74) is 1.79. The first kappa shape index (κ1) is 24.7. The van der Waals surface area contributed by atoms with Crippen molar-refractivity contribution in [2.24, 2.45) is 10.9 Å². The highest BCUT2D eigenvalue weighted by atomic mass is 127. The van der Waals surface area contributed by atoms with Gasteiger partial charge in [0.25, 0.3) is 5.91 Å². The number of carbonyl (C=O) groups excluding carboxylic acids is 1. The number of benzene rings is 1. The lowest BCUT2D eigenvalue weighted by atomic mass is 10.1. The molecular formula is C21H35IN4O2. The Balaban J connectivity index is 0.00000392. The van der Waals surface area contributed by atoms with Crippen LogP contribution in [0.2, 0.25) is 0 Å². The first-order valence-electron chi connectivity index (χ1n) is 9.92. The van der Waals surface area contributed by atoms with Crippen molar-refractivity contribution in [1.82, 2.24) is 15.5 Å². The third-order valence-corrected chi connectivity index (χ3v) is 4.85. The number of hydrogen-bond acceptors (Lipinski definition) is 3. The molecule has 7 heteroatoms. The summed E-state index contributed by atoms with van der Waals surface area (Å²) in [6.07, 6.45) is 3.56. The fraction of sp³-hybridized carbons (Fsp3) is 0.619. The van der Waals surface area contributed by atoms with E-state index in [1.54, 1.807) is 7.05 Å². The van der Waals surface area contributed by atoms with Gasteiger partial charge in [0.05, 0.1) is 6.61 Å². The van der Waals surface area contributed by atoms with Crippen molar-refractivity contribution >= 4 is 35.8 Å². The third-order valence-electron chi connectivity index (χ3n) is 4.85. The molecule has 1 fully saturated rings. The number of amides is 1. The quantitative estimate of drug-likeness (QED) is 0.223. The molecule has 2 rings (SSSR count). The molecule has 1 saturated carbocycles. The summed E-state index contributed by atoms with van der Waals surface area (Å²) in [6, 6.07) is 7.88. The summed E-state index contributed by atoms with van der Waals surface area (Å²) in [6.45, 7) is 7.14. The van der Waals surface area contributed by atoms with Gasteiger partial charge in [0.2, 0.25) is 0 Å². The van der Waals surface area contributed by atoms with Crippen molar-refractivity contribution in [1.29, 1.82) is 0 Å². The van der Waals surface area contributed by atoms with Gasteiger partial charge in [-0.3, -0.25) is 9.79 Å². The number of carbonyl (C=O) groups is 1. The molecule has 0 saturated heterocycles. The van der Waals surface area contributed by atoms with Gasteiger partial charge in [-0.15, -0.1) is 24.0 Å². The molecule has 0 bridgehead atoms. The first-order valence-corrected chi connectivity index (χ1v) is 9.92. The molecule has 0 spiro atoms. The maximum absolute atomic E-state index is 12.1. The largest absolute Gasteiger partial charge is 0.379 e. The van der Waals surface area contributed by atoms with E-state index in [1.165, 1.54) is 12.8 Å². The van der Waals surface area contributed by atoms with Crippen LogP contribution in [0.1, 0.15) is 49.0 Å². The van der Waals surface area contributed by atoms with Gasteiger partial charge in [0, 0.05) is 45.4 Å². The van der Waals surface area contributed by atoms with Gasteiger partial charge < -0.3 is 20.3 Å². The van der Waals surface area contributed by atoms with E-state index in [2.05, 4.69) is 27.4 Å². The average Bonchev–Trinajstić information content (AvgIpc) is 3.50. The second-order valence-corrected chi connectivity index (χ2v) is 7.32. The number of guanidine groups is 1. The van der Waals surface area contributed by atoms with E-state index in [0.717, 1.165) is 37.0 Å². The highest BCUT2D eigenvalue weighted by molar-refractivity contribution is 14.0. The van der Waals surface area contributed by atoms with Gasteiger partial charge in [-0.05, 0) is 49.8 Å². The highest BCUT2D eigenvalue weighted by Gasteiger charge is 2.21. The van der Waals surface area contributed by atoms with Crippen molar-refractivity contribution in [2.75, 3.05) is 33.9 Å². The van der Waals surface area contributed by atoms with Crippen LogP contribution in [-0.4, -0.2) is 56.7 Å². The number of rotatable bonds is 10. The molecule has 0 aliphatic heterocycles. The van der Waals surface area contributed by atoms with Crippen LogP contribution >= 0.6 is 24.0 Å². The summed E-state index contributed by atoms with van der Waals surface area (Å²) in [5.74, 6) is 1.61. The number of hydrogen-bond donors (Lipinski definition) is 2. The number of nitrogens with one attached hydrogen (secondary N) is 2. The number of ether oxygens (including phenoxy) is 1. The second-order valence-electron chi connectivity index (χ2n) is 7.32. The monoisotopic (exact) mass is 502 g/mol. The minimum atomic E-state index is -0.0226. The van der Waals surface area contributed by atoms with E-state index in [0.29, 0.717) is 18.7 Å². The predicted octanol–water partition coefficient (Wildman–Crippen LogP) is 3.27. The van der Waals surface area contributed by atoms with E-state index in [-0.39, 0.29) is 35.9 Å². The molecule has 0 aromatic heterocycles. The first-order chi connectivity index (χ1) is 13.0. The zero-order valence-electron chi connectivity index (χ0n) is 17.5. The molecule has 28 heavy (non-hydrogen) atoms. The summed E-state index contributed by atoms with van der Waals surface area (Å²) in [7, 11) is 3.80. The number of nitrogens with zero attached hydrogens (tertiary/aromatic N) is 2. The van der Waals surface area contributed by atoms with Crippen LogP contribution in [0.4, 0.5) is 0 Å². The summed E-state index contributed by atoms with van der Waals surface area (Å²) in [4.78, 5) is 18.5. The fourth-order valence-corrected chi connectivity index (χ4v) is 2.59. The summed E-state index contributed by atoms with van der Waals surface area (Å²) < 4.78 is 5.69. The minimum absolute atomic E-state index is 0. The predicted molar refractivity (Wildman–Crippen MR) is 125 cm³/mol. The average molecular weight is 502 g/mol. The standard InChI is InChI=1S/C21H34N4O2.HI/c1-5-16(2)24-20(26)19-10-8-17(9-11-19)14-23-21(22-3)25(4)12-13-27-15-18-6-7-18;/h8-11,16,18H,5-7,12-15H2,1-4H3,(H,22,23)(H,24,26);1H. The molecule has 1 unspecified atom stereocenters. The molecule has 0 heterocycles. The Hall–Kier alpha value is -1.35. The molecule has 1 aliphatic rings. The van der Waals surface area contributed by atoms with Gasteiger partial charge in [-0.25, -0.2) is 0 Å². The van der Waals surface area contributed by atoms with Gasteiger partial charge in [-0.1, -0.05) is 19.1 Å². The van der Waals surface area contributed by atoms with Crippen LogP contribution < -0.4 is 10.6 Å². The fourth-order valence-electron chi connectivity index (χ4n) is 2.59. The topological polar surface area (TPSA) is 66.0 Å². The number of aliphatic imine (C=N–C) groups is 1. The SMILES string of the molecule is CCC(C)NC(=O)c1ccc(CNC(=NC)N(C)CCOCC2CC2)cc1.I. The van der Waals surface area contributed by atoms with Crippen LogP contribution in [0.3, 0.4) is 0 Å². The zero-order valence-corrected chi connectivity index (χ0v) is 19.9. The molecule has 1 aromatic carbocycles.